The number of H-pyrrole nitrogens is 1. The van der Waals surface area contributed by atoms with Gasteiger partial charge in [-0.3, -0.25) is 10.1 Å². The van der Waals surface area contributed by atoms with Crippen LogP contribution in [-0.2, 0) is 4.74 Å². The number of nitrogens with zero attached hydrogens (tertiary/aromatic N) is 5. The zero-order valence-electron chi connectivity index (χ0n) is 20.9. The van der Waals surface area contributed by atoms with Crippen molar-refractivity contribution in [1.29, 1.82) is 0 Å². The second-order valence-corrected chi connectivity index (χ2v) is 10.7. The first-order valence-corrected chi connectivity index (χ1v) is 13.2. The van der Waals surface area contributed by atoms with Crippen molar-refractivity contribution < 1.29 is 14.3 Å². The number of halogens is 2. The molecular weight excluding hydrogens is 527 g/mol. The van der Waals surface area contributed by atoms with E-state index in [-0.39, 0.29) is 17.6 Å². The van der Waals surface area contributed by atoms with Gasteiger partial charge in [-0.2, -0.15) is 5.10 Å². The second kappa shape index (κ2) is 9.63. The summed E-state index contributed by atoms with van der Waals surface area (Å²) in [4.78, 5) is 24.6. The Bertz CT molecular complexity index is 1470. The molecule has 1 unspecified atom stereocenters. The van der Waals surface area contributed by atoms with E-state index in [2.05, 4.69) is 20.1 Å². The molecule has 2 aliphatic heterocycles. The van der Waals surface area contributed by atoms with Gasteiger partial charge in [0, 0.05) is 66.7 Å². The first-order valence-electron chi connectivity index (χ1n) is 12.4. The maximum absolute atomic E-state index is 11.9. The zero-order valence-corrected chi connectivity index (χ0v) is 22.5. The van der Waals surface area contributed by atoms with Gasteiger partial charge in [-0.15, -0.1) is 0 Å². The van der Waals surface area contributed by atoms with Crippen LogP contribution in [-0.4, -0.2) is 63.9 Å². The smallest absolute Gasteiger partial charge is 0.409 e. The van der Waals surface area contributed by atoms with E-state index in [4.69, 9.17) is 37.7 Å². The van der Waals surface area contributed by atoms with Crippen LogP contribution in [0, 0.1) is 5.41 Å². The lowest BCUT2D eigenvalue weighted by molar-refractivity contribution is -0.0196. The Kier molecular flexibility index (Phi) is 6.28. The van der Waals surface area contributed by atoms with Crippen LogP contribution in [0.5, 0.6) is 5.75 Å². The molecule has 9 nitrogen and oxygen atoms in total. The number of amides is 1. The fraction of sp³-hybridized carbons (Fsp3) is 0.333. The van der Waals surface area contributed by atoms with E-state index in [1.807, 2.05) is 50.4 Å². The van der Waals surface area contributed by atoms with Crippen molar-refractivity contribution in [3.8, 4) is 17.0 Å². The topological polar surface area (TPSA) is 96.5 Å². The van der Waals surface area contributed by atoms with Crippen molar-refractivity contribution in [3.63, 3.8) is 0 Å². The Morgan fingerprint density at radius 2 is 1.87 bits per heavy atom. The molecule has 2 fully saturated rings. The Hall–Kier alpha value is -3.56. The average molecular weight is 553 g/mol. The van der Waals surface area contributed by atoms with E-state index >= 15 is 0 Å². The number of hydrogen-bond acceptors (Lipinski definition) is 7. The fourth-order valence-electron chi connectivity index (χ4n) is 5.31. The molecule has 11 heteroatoms. The zero-order chi connectivity index (χ0) is 26.4. The Labute approximate surface area is 229 Å². The first-order chi connectivity index (χ1) is 18.4. The normalized spacial score (nSPS) is 16.7. The van der Waals surface area contributed by atoms with Crippen LogP contribution in [0.4, 0.5) is 10.6 Å². The number of aromatic nitrogens is 4. The third-order valence-electron chi connectivity index (χ3n) is 7.12. The van der Waals surface area contributed by atoms with Crippen molar-refractivity contribution in [2.24, 2.45) is 5.41 Å². The minimum absolute atomic E-state index is 0.157. The summed E-state index contributed by atoms with van der Waals surface area (Å²) in [6.07, 6.45) is 4.36. The quantitative estimate of drug-likeness (QED) is 0.325. The Morgan fingerprint density at radius 3 is 2.55 bits per heavy atom. The summed E-state index contributed by atoms with van der Waals surface area (Å²) < 4.78 is 11.3. The number of rotatable bonds is 6. The summed E-state index contributed by atoms with van der Waals surface area (Å²) in [5.41, 5.74) is 3.44. The van der Waals surface area contributed by atoms with Crippen LogP contribution < -0.4 is 9.64 Å². The number of anilines is 1. The highest BCUT2D eigenvalue weighted by molar-refractivity contribution is 6.35. The average Bonchev–Trinajstić information content (AvgIpc) is 3.26. The van der Waals surface area contributed by atoms with Gasteiger partial charge in [0.05, 0.1) is 22.2 Å². The molecule has 196 valence electrons. The molecule has 0 aliphatic carbocycles. The van der Waals surface area contributed by atoms with Gasteiger partial charge in [-0.05, 0) is 44.2 Å². The molecule has 1 N–H and O–H groups in total. The van der Waals surface area contributed by atoms with E-state index in [9.17, 15) is 4.79 Å². The molecule has 1 aromatic carbocycles. The van der Waals surface area contributed by atoms with Crippen molar-refractivity contribution in [2.45, 2.75) is 20.0 Å². The monoisotopic (exact) mass is 552 g/mol. The molecular formula is C27H26Cl2N6O3. The number of likely N-dealkylation sites (tertiary alicyclic amines) is 1. The van der Waals surface area contributed by atoms with Crippen molar-refractivity contribution in [3.05, 3.63) is 64.5 Å². The molecule has 1 amide bonds. The summed E-state index contributed by atoms with van der Waals surface area (Å²) >= 11 is 12.6. The van der Waals surface area contributed by atoms with E-state index in [1.54, 1.807) is 17.3 Å². The lowest BCUT2D eigenvalue weighted by Gasteiger charge is -2.59. The van der Waals surface area contributed by atoms with Gasteiger partial charge in [0.15, 0.2) is 0 Å². The summed E-state index contributed by atoms with van der Waals surface area (Å²) in [5.74, 6) is 1.59. The van der Waals surface area contributed by atoms with E-state index in [0.29, 0.717) is 28.0 Å². The number of pyridine rings is 2. The van der Waals surface area contributed by atoms with Crippen LogP contribution in [0.15, 0.2) is 48.9 Å². The molecule has 3 aromatic heterocycles. The number of carbonyl (C=O) groups excluding carboxylic acids is 1. The van der Waals surface area contributed by atoms with Gasteiger partial charge in [0.2, 0.25) is 0 Å². The van der Waals surface area contributed by atoms with Crippen LogP contribution >= 0.6 is 23.2 Å². The molecule has 1 spiro atoms. The van der Waals surface area contributed by atoms with Crippen molar-refractivity contribution in [2.75, 3.05) is 37.7 Å². The molecule has 2 saturated heterocycles. The largest absolute Gasteiger partial charge is 0.486 e. The van der Waals surface area contributed by atoms with Gasteiger partial charge in [-0.1, -0.05) is 23.2 Å². The minimum Gasteiger partial charge on any atom is -0.486 e. The molecule has 4 aromatic rings. The number of fused-ring (bicyclic) bond motifs is 1. The van der Waals surface area contributed by atoms with Crippen LogP contribution in [0.2, 0.25) is 10.0 Å². The number of ether oxygens (including phenoxy) is 2. The van der Waals surface area contributed by atoms with E-state index in [1.165, 1.54) is 0 Å². The molecule has 38 heavy (non-hydrogen) atoms. The van der Waals surface area contributed by atoms with Crippen LogP contribution in [0.3, 0.4) is 0 Å². The molecule has 2 aliphatic rings. The maximum Gasteiger partial charge on any atom is 0.409 e. The van der Waals surface area contributed by atoms with Crippen LogP contribution in [0.1, 0.15) is 25.5 Å². The number of nitrogens with one attached hydrogen (secondary N) is 1. The third kappa shape index (κ3) is 4.39. The maximum atomic E-state index is 11.9. The summed E-state index contributed by atoms with van der Waals surface area (Å²) in [5, 5.41) is 9.47. The van der Waals surface area contributed by atoms with Gasteiger partial charge in [-0.25, -0.2) is 9.78 Å². The highest BCUT2D eigenvalue weighted by atomic mass is 35.5. The molecule has 5 heterocycles. The SMILES string of the molecule is CCOC(=O)N1CC2(C1)CN(c1ccc(-c3n[nH]c4ccc(OC(C)c5c(Cl)cncc5Cl)cc34)cn1)C2. The summed E-state index contributed by atoms with van der Waals surface area (Å²) in [6.45, 7) is 7.36. The Balaban J connectivity index is 1.14. The lowest BCUT2D eigenvalue weighted by Crippen LogP contribution is -2.73. The third-order valence-corrected chi connectivity index (χ3v) is 7.72. The predicted molar refractivity (Wildman–Crippen MR) is 146 cm³/mol. The first kappa shape index (κ1) is 24.8. The molecule has 0 radical (unpaired) electrons. The molecule has 1 atom stereocenters. The summed E-state index contributed by atoms with van der Waals surface area (Å²) in [7, 11) is 0. The van der Waals surface area contributed by atoms with E-state index < -0.39 is 0 Å². The van der Waals surface area contributed by atoms with E-state index in [0.717, 1.165) is 54.2 Å². The lowest BCUT2D eigenvalue weighted by atomic mass is 9.73. The van der Waals surface area contributed by atoms with Crippen molar-refractivity contribution >= 4 is 46.0 Å². The number of carbonyl (C=O) groups is 1. The number of benzene rings is 1. The predicted octanol–water partition coefficient (Wildman–Crippen LogP) is 5.75. The van der Waals surface area contributed by atoms with Crippen LogP contribution in [0.25, 0.3) is 22.2 Å². The van der Waals surface area contributed by atoms with Crippen molar-refractivity contribution in [1.82, 2.24) is 25.1 Å². The number of aromatic amines is 1. The van der Waals surface area contributed by atoms with Gasteiger partial charge in [0.25, 0.3) is 0 Å². The minimum atomic E-state index is -0.369. The fourth-order valence-corrected chi connectivity index (χ4v) is 5.98. The molecule has 0 bridgehead atoms. The molecule has 6 rings (SSSR count). The van der Waals surface area contributed by atoms with Gasteiger partial charge in [0.1, 0.15) is 23.4 Å². The summed E-state index contributed by atoms with van der Waals surface area (Å²) in [6, 6.07) is 9.81. The van der Waals surface area contributed by atoms with Gasteiger partial charge < -0.3 is 19.3 Å². The molecule has 0 saturated carbocycles. The standard InChI is InChI=1S/C27H26Cl2N6O3/c1-3-37-26(36)35-14-27(15-35)12-34(13-27)23-7-4-17(9-31-23)25-19-8-18(5-6-22(19)32-33-25)38-16(2)24-20(28)10-30-11-21(24)29/h4-11,16H,3,12-15H2,1-2H3,(H,32,33). The Morgan fingerprint density at radius 1 is 1.11 bits per heavy atom. The second-order valence-electron chi connectivity index (χ2n) is 9.87. The highest BCUT2D eigenvalue weighted by Gasteiger charge is 2.54. The van der Waals surface area contributed by atoms with Gasteiger partial charge >= 0.3 is 6.09 Å². The number of hydrogen-bond donors (Lipinski definition) is 1. The highest BCUT2D eigenvalue weighted by Crippen LogP contribution is 2.42.